The van der Waals surface area contributed by atoms with Crippen LogP contribution in [0.15, 0.2) is 36.5 Å². The molecule has 7 heteroatoms. The van der Waals surface area contributed by atoms with E-state index in [9.17, 15) is 15.2 Å². The summed E-state index contributed by atoms with van der Waals surface area (Å²) in [7, 11) is 1.44. The number of hydrogen-bond donors (Lipinski definition) is 2. The summed E-state index contributed by atoms with van der Waals surface area (Å²) in [5.74, 6) is 0.365. The van der Waals surface area contributed by atoms with Gasteiger partial charge in [-0.2, -0.15) is 0 Å². The number of benzene rings is 1. The lowest BCUT2D eigenvalue weighted by atomic mass is 10.2. The lowest BCUT2D eigenvalue weighted by molar-refractivity contribution is -0.384. The average Bonchev–Trinajstić information content (AvgIpc) is 2.39. The highest BCUT2D eigenvalue weighted by Gasteiger charge is 2.14. The molecule has 0 aliphatic carbocycles. The Morgan fingerprint density at radius 2 is 2.21 bits per heavy atom. The van der Waals surface area contributed by atoms with Crippen molar-refractivity contribution in [3.8, 4) is 11.5 Å². The Morgan fingerprint density at radius 3 is 2.84 bits per heavy atom. The molecule has 0 saturated carbocycles. The van der Waals surface area contributed by atoms with Crippen LogP contribution in [0.25, 0.3) is 0 Å². The van der Waals surface area contributed by atoms with Gasteiger partial charge in [-0.1, -0.05) is 0 Å². The highest BCUT2D eigenvalue weighted by Crippen LogP contribution is 2.31. The molecule has 7 nitrogen and oxygen atoms in total. The Labute approximate surface area is 108 Å². The molecular weight excluding hydrogens is 250 g/mol. The first-order valence-corrected chi connectivity index (χ1v) is 5.35. The minimum atomic E-state index is -0.529. The number of rotatable bonds is 4. The summed E-state index contributed by atoms with van der Waals surface area (Å²) >= 11 is 0. The molecule has 0 saturated heterocycles. The minimum absolute atomic E-state index is 0.0638. The molecular formula is C12H11N3O4. The van der Waals surface area contributed by atoms with Crippen molar-refractivity contribution in [1.29, 1.82) is 0 Å². The van der Waals surface area contributed by atoms with E-state index in [0.717, 1.165) is 0 Å². The van der Waals surface area contributed by atoms with Crippen molar-refractivity contribution < 1.29 is 14.8 Å². The lowest BCUT2D eigenvalue weighted by Gasteiger charge is -2.08. The average molecular weight is 261 g/mol. The first-order valence-electron chi connectivity index (χ1n) is 5.35. The zero-order valence-electron chi connectivity index (χ0n) is 10.0. The van der Waals surface area contributed by atoms with E-state index in [-0.39, 0.29) is 17.3 Å². The molecule has 1 aromatic carbocycles. The molecule has 0 fully saturated rings. The molecule has 0 unspecified atom stereocenters. The number of methoxy groups -OCH3 is 1. The number of nitrogens with one attached hydrogen (secondary N) is 1. The van der Waals surface area contributed by atoms with Crippen LogP contribution in [-0.4, -0.2) is 22.1 Å². The monoisotopic (exact) mass is 261 g/mol. The second kappa shape index (κ2) is 5.21. The number of anilines is 2. The van der Waals surface area contributed by atoms with Crippen LogP contribution in [0.4, 0.5) is 17.2 Å². The summed E-state index contributed by atoms with van der Waals surface area (Å²) in [6.45, 7) is 0. The van der Waals surface area contributed by atoms with Crippen LogP contribution >= 0.6 is 0 Å². The highest BCUT2D eigenvalue weighted by molar-refractivity contribution is 5.67. The second-order valence-electron chi connectivity index (χ2n) is 3.64. The number of hydrogen-bond acceptors (Lipinski definition) is 6. The normalized spacial score (nSPS) is 9.95. The quantitative estimate of drug-likeness (QED) is 0.648. The van der Waals surface area contributed by atoms with E-state index in [1.54, 1.807) is 12.1 Å². The van der Waals surface area contributed by atoms with Crippen molar-refractivity contribution in [2.45, 2.75) is 0 Å². The molecule has 1 aromatic heterocycles. The number of nitrogens with zero attached hydrogens (tertiary/aromatic N) is 2. The molecule has 0 radical (unpaired) electrons. The molecule has 0 bridgehead atoms. The summed E-state index contributed by atoms with van der Waals surface area (Å²) in [4.78, 5) is 14.2. The predicted molar refractivity (Wildman–Crippen MR) is 68.8 cm³/mol. The molecule has 2 aromatic rings. The summed E-state index contributed by atoms with van der Waals surface area (Å²) in [6, 6.07) is 7.40. The van der Waals surface area contributed by atoms with Crippen LogP contribution in [0, 0.1) is 10.1 Å². The number of phenolic OH excluding ortho intramolecular Hbond substituents is 1. The summed E-state index contributed by atoms with van der Waals surface area (Å²) < 4.78 is 4.91. The van der Waals surface area contributed by atoms with Crippen LogP contribution in [-0.2, 0) is 0 Å². The van der Waals surface area contributed by atoms with E-state index < -0.39 is 4.92 Å². The lowest BCUT2D eigenvalue weighted by Crippen LogP contribution is -1.99. The molecule has 2 N–H and O–H groups in total. The molecule has 0 spiro atoms. The van der Waals surface area contributed by atoms with Gasteiger partial charge in [0.25, 0.3) is 0 Å². The number of phenols is 1. The van der Waals surface area contributed by atoms with Crippen molar-refractivity contribution in [1.82, 2.24) is 4.98 Å². The smallest absolute Gasteiger partial charge is 0.311 e. The zero-order chi connectivity index (χ0) is 13.8. The fourth-order valence-corrected chi connectivity index (χ4v) is 1.54. The van der Waals surface area contributed by atoms with Gasteiger partial charge in [0.15, 0.2) is 11.5 Å². The van der Waals surface area contributed by atoms with E-state index in [1.165, 1.54) is 31.5 Å². The van der Waals surface area contributed by atoms with Crippen molar-refractivity contribution in [2.24, 2.45) is 0 Å². The molecule has 98 valence electrons. The summed E-state index contributed by atoms with van der Waals surface area (Å²) in [6.07, 6.45) is 1.44. The first kappa shape index (κ1) is 12.6. The number of ether oxygens (including phenoxy) is 1. The topological polar surface area (TPSA) is 97.5 Å². The van der Waals surface area contributed by atoms with Crippen molar-refractivity contribution >= 4 is 17.2 Å². The van der Waals surface area contributed by atoms with Gasteiger partial charge in [-0.25, -0.2) is 4.98 Å². The highest BCUT2D eigenvalue weighted by atomic mass is 16.6. The van der Waals surface area contributed by atoms with Gasteiger partial charge in [-0.05, 0) is 18.2 Å². The third-order valence-electron chi connectivity index (χ3n) is 2.42. The first-order chi connectivity index (χ1) is 9.11. The number of aromatic nitrogens is 1. The van der Waals surface area contributed by atoms with Crippen molar-refractivity contribution in [3.05, 3.63) is 46.6 Å². The van der Waals surface area contributed by atoms with Gasteiger partial charge in [0, 0.05) is 24.0 Å². The van der Waals surface area contributed by atoms with Gasteiger partial charge in [-0.15, -0.1) is 0 Å². The third-order valence-corrected chi connectivity index (χ3v) is 2.42. The Bertz CT molecular complexity index is 616. The van der Waals surface area contributed by atoms with Gasteiger partial charge in [0.05, 0.1) is 12.0 Å². The number of aromatic hydroxyl groups is 1. The van der Waals surface area contributed by atoms with Gasteiger partial charge < -0.3 is 15.2 Å². The second-order valence-corrected chi connectivity index (χ2v) is 3.64. The van der Waals surface area contributed by atoms with Crippen molar-refractivity contribution in [3.63, 3.8) is 0 Å². The Balaban J connectivity index is 2.31. The predicted octanol–water partition coefficient (Wildman–Crippen LogP) is 2.45. The van der Waals surface area contributed by atoms with E-state index in [1.807, 2.05) is 0 Å². The van der Waals surface area contributed by atoms with Crippen LogP contribution in [0.1, 0.15) is 0 Å². The maximum Gasteiger partial charge on any atom is 0.311 e. The van der Waals surface area contributed by atoms with E-state index in [4.69, 9.17) is 4.74 Å². The maximum absolute atomic E-state index is 10.8. The van der Waals surface area contributed by atoms with Crippen LogP contribution < -0.4 is 10.1 Å². The Kier molecular flexibility index (Phi) is 3.46. The van der Waals surface area contributed by atoms with Crippen molar-refractivity contribution in [2.75, 3.05) is 12.4 Å². The van der Waals surface area contributed by atoms with E-state index >= 15 is 0 Å². The fourth-order valence-electron chi connectivity index (χ4n) is 1.54. The van der Waals surface area contributed by atoms with Crippen LogP contribution in [0.5, 0.6) is 11.5 Å². The third kappa shape index (κ3) is 2.71. The Hall–Kier alpha value is -2.83. The zero-order valence-corrected chi connectivity index (χ0v) is 10.0. The van der Waals surface area contributed by atoms with Gasteiger partial charge >= 0.3 is 5.69 Å². The molecule has 2 rings (SSSR count). The van der Waals surface area contributed by atoms with Gasteiger partial charge in [0.2, 0.25) is 5.82 Å². The van der Waals surface area contributed by atoms with E-state index in [2.05, 4.69) is 10.3 Å². The van der Waals surface area contributed by atoms with E-state index in [0.29, 0.717) is 11.4 Å². The molecule has 19 heavy (non-hydrogen) atoms. The SMILES string of the molecule is COc1ccc(Nc2ncccc2[N+](=O)[O-])cc1O. The molecule has 0 aliphatic heterocycles. The fraction of sp³-hybridized carbons (Fsp3) is 0.0833. The van der Waals surface area contributed by atoms with Gasteiger partial charge in [0.1, 0.15) is 0 Å². The maximum atomic E-state index is 10.8. The Morgan fingerprint density at radius 1 is 1.42 bits per heavy atom. The molecule has 1 heterocycles. The number of nitro groups is 1. The van der Waals surface area contributed by atoms with Crippen LogP contribution in [0.3, 0.4) is 0 Å². The summed E-state index contributed by atoms with van der Waals surface area (Å²) in [5, 5.41) is 23.2. The number of pyridine rings is 1. The molecule has 0 aliphatic rings. The summed E-state index contributed by atoms with van der Waals surface area (Å²) in [5.41, 5.74) is 0.331. The van der Waals surface area contributed by atoms with Crippen LogP contribution in [0.2, 0.25) is 0 Å². The van der Waals surface area contributed by atoms with Gasteiger partial charge in [-0.3, -0.25) is 10.1 Å². The molecule has 0 amide bonds. The standard InChI is InChI=1S/C12H11N3O4/c1-19-11-5-4-8(7-10(11)16)14-12-9(15(17)18)3-2-6-13-12/h2-7,16H,1H3,(H,13,14). The minimum Gasteiger partial charge on any atom is -0.504 e. The largest absolute Gasteiger partial charge is 0.504 e. The molecule has 0 atom stereocenters.